The molecule has 7 heteroatoms. The second kappa shape index (κ2) is 7.21. The van der Waals surface area contributed by atoms with Crippen LogP contribution in [-0.4, -0.2) is 15.5 Å². The molecule has 0 saturated heterocycles. The van der Waals surface area contributed by atoms with Crippen LogP contribution in [0.5, 0.6) is 0 Å². The van der Waals surface area contributed by atoms with Gasteiger partial charge in [-0.25, -0.2) is 4.98 Å². The van der Waals surface area contributed by atoms with Crippen LogP contribution in [0.3, 0.4) is 0 Å². The Morgan fingerprint density at radius 2 is 2.00 bits per heavy atom. The number of anilines is 1. The van der Waals surface area contributed by atoms with Gasteiger partial charge in [-0.2, -0.15) is 0 Å². The maximum absolute atomic E-state index is 12.6. The quantitative estimate of drug-likeness (QED) is 0.754. The van der Waals surface area contributed by atoms with Gasteiger partial charge >= 0.3 is 0 Å². The van der Waals surface area contributed by atoms with E-state index in [0.717, 1.165) is 16.1 Å². The van der Waals surface area contributed by atoms with Crippen LogP contribution in [0.1, 0.15) is 26.5 Å². The topological polar surface area (TPSA) is 64.0 Å². The molecular formula is C18H16ClN3O2S. The number of nitrogens with zero attached hydrogens (tertiary/aromatic N) is 2. The van der Waals surface area contributed by atoms with Crippen LogP contribution in [0.2, 0.25) is 5.02 Å². The molecule has 0 radical (unpaired) electrons. The number of benzene rings is 1. The first-order chi connectivity index (χ1) is 12.0. The van der Waals surface area contributed by atoms with Crippen molar-refractivity contribution in [2.24, 2.45) is 0 Å². The second-order valence-corrected chi connectivity index (χ2v) is 7.17. The highest BCUT2D eigenvalue weighted by atomic mass is 35.5. The number of hydrogen-bond acceptors (Lipinski definition) is 4. The van der Waals surface area contributed by atoms with Gasteiger partial charge in [0.25, 0.3) is 11.5 Å². The normalized spacial score (nSPS) is 10.7. The molecule has 1 N–H and O–H groups in total. The Kier molecular flexibility index (Phi) is 5.01. The molecule has 0 unspecified atom stereocenters. The molecule has 5 nitrogen and oxygen atoms in total. The van der Waals surface area contributed by atoms with E-state index in [1.165, 1.54) is 22.0 Å². The van der Waals surface area contributed by atoms with Gasteiger partial charge in [0.2, 0.25) is 0 Å². The third-order valence-corrected chi connectivity index (χ3v) is 5.17. The fourth-order valence-corrected chi connectivity index (χ4v) is 3.34. The van der Waals surface area contributed by atoms with Crippen molar-refractivity contribution in [2.75, 3.05) is 5.32 Å². The summed E-state index contributed by atoms with van der Waals surface area (Å²) in [5.74, 6) is -0.466. The number of rotatable bonds is 4. The molecule has 0 fully saturated rings. The lowest BCUT2D eigenvalue weighted by Crippen LogP contribution is -2.29. The molecule has 1 amide bonds. The maximum Gasteiger partial charge on any atom is 0.263 e. The molecular weight excluding hydrogens is 358 g/mol. The van der Waals surface area contributed by atoms with Crippen LogP contribution in [-0.2, 0) is 6.54 Å². The van der Waals surface area contributed by atoms with Crippen LogP contribution in [0.25, 0.3) is 0 Å². The summed E-state index contributed by atoms with van der Waals surface area (Å²) in [5, 5.41) is 3.76. The fraction of sp³-hybridized carbons (Fsp3) is 0.167. The van der Waals surface area contributed by atoms with Gasteiger partial charge in [-0.1, -0.05) is 29.8 Å². The van der Waals surface area contributed by atoms with E-state index in [1.807, 2.05) is 32.0 Å². The molecule has 0 saturated carbocycles. The molecule has 128 valence electrons. The first kappa shape index (κ1) is 17.4. The molecule has 0 atom stereocenters. The minimum Gasteiger partial charge on any atom is -0.310 e. The Labute approximate surface area is 153 Å². The Balaban J connectivity index is 1.86. The summed E-state index contributed by atoms with van der Waals surface area (Å²) in [4.78, 5) is 30.4. The predicted octanol–water partition coefficient (Wildman–Crippen LogP) is 3.88. The maximum atomic E-state index is 12.6. The lowest BCUT2D eigenvalue weighted by molar-refractivity contribution is 0.102. The smallest absolute Gasteiger partial charge is 0.263 e. The molecule has 2 heterocycles. The van der Waals surface area contributed by atoms with Crippen molar-refractivity contribution in [3.05, 3.63) is 79.7 Å². The highest BCUT2D eigenvalue weighted by Gasteiger charge is 2.15. The van der Waals surface area contributed by atoms with Crippen LogP contribution in [0.4, 0.5) is 5.13 Å². The standard InChI is InChI=1S/C18H16ClN3O2S/c1-11-12(2)25-18(20-11)21-16(23)14-7-5-9-22(17(14)24)10-13-6-3-4-8-15(13)19/h3-9H,10H2,1-2H3,(H,20,21,23). The van der Waals surface area contributed by atoms with Crippen molar-refractivity contribution < 1.29 is 4.79 Å². The Morgan fingerprint density at radius 3 is 2.68 bits per heavy atom. The summed E-state index contributed by atoms with van der Waals surface area (Å²) in [7, 11) is 0. The lowest BCUT2D eigenvalue weighted by Gasteiger charge is -2.09. The van der Waals surface area contributed by atoms with Gasteiger partial charge in [0.1, 0.15) is 5.56 Å². The number of carbonyl (C=O) groups is 1. The van der Waals surface area contributed by atoms with Gasteiger partial charge in [0.05, 0.1) is 12.2 Å². The van der Waals surface area contributed by atoms with E-state index < -0.39 is 5.91 Å². The number of pyridine rings is 1. The highest BCUT2D eigenvalue weighted by Crippen LogP contribution is 2.21. The monoisotopic (exact) mass is 373 g/mol. The number of aromatic nitrogens is 2. The predicted molar refractivity (Wildman–Crippen MR) is 101 cm³/mol. The largest absolute Gasteiger partial charge is 0.310 e. The summed E-state index contributed by atoms with van der Waals surface area (Å²) < 4.78 is 1.47. The van der Waals surface area contributed by atoms with Gasteiger partial charge < -0.3 is 4.57 Å². The fourth-order valence-electron chi connectivity index (χ4n) is 2.33. The number of carbonyl (C=O) groups excluding carboxylic acids is 1. The first-order valence-electron chi connectivity index (χ1n) is 7.64. The second-order valence-electron chi connectivity index (χ2n) is 5.56. The van der Waals surface area contributed by atoms with E-state index in [0.29, 0.717) is 16.7 Å². The molecule has 25 heavy (non-hydrogen) atoms. The summed E-state index contributed by atoms with van der Waals surface area (Å²) in [6.45, 7) is 4.11. The van der Waals surface area contributed by atoms with Crippen molar-refractivity contribution in [3.8, 4) is 0 Å². The van der Waals surface area contributed by atoms with Gasteiger partial charge in [-0.3, -0.25) is 14.9 Å². The zero-order valence-corrected chi connectivity index (χ0v) is 15.3. The molecule has 0 spiro atoms. The zero-order valence-electron chi connectivity index (χ0n) is 13.7. The van der Waals surface area contributed by atoms with Gasteiger partial charge in [0, 0.05) is 16.1 Å². The molecule has 0 aliphatic carbocycles. The number of nitrogens with one attached hydrogen (secondary N) is 1. The molecule has 3 aromatic rings. The van der Waals surface area contributed by atoms with Crippen molar-refractivity contribution in [3.63, 3.8) is 0 Å². The third-order valence-electron chi connectivity index (χ3n) is 3.81. The summed E-state index contributed by atoms with van der Waals surface area (Å²) >= 11 is 7.53. The summed E-state index contributed by atoms with van der Waals surface area (Å²) in [5.41, 5.74) is 1.38. The van der Waals surface area contributed by atoms with E-state index >= 15 is 0 Å². The number of thiazole rings is 1. The van der Waals surface area contributed by atoms with Crippen molar-refractivity contribution in [1.29, 1.82) is 0 Å². The summed E-state index contributed by atoms with van der Waals surface area (Å²) in [6.07, 6.45) is 1.64. The molecule has 2 aromatic heterocycles. The van der Waals surface area contributed by atoms with Gasteiger partial charge in [0.15, 0.2) is 5.13 Å². The van der Waals surface area contributed by atoms with E-state index in [4.69, 9.17) is 11.6 Å². The average Bonchev–Trinajstić information content (AvgIpc) is 2.89. The number of hydrogen-bond donors (Lipinski definition) is 1. The van der Waals surface area contributed by atoms with E-state index in [-0.39, 0.29) is 11.1 Å². The van der Waals surface area contributed by atoms with Crippen molar-refractivity contribution in [2.45, 2.75) is 20.4 Å². The number of amides is 1. The first-order valence-corrected chi connectivity index (χ1v) is 8.83. The number of halogens is 1. The lowest BCUT2D eigenvalue weighted by atomic mass is 10.2. The van der Waals surface area contributed by atoms with E-state index in [9.17, 15) is 9.59 Å². The third kappa shape index (κ3) is 3.81. The minimum atomic E-state index is -0.466. The molecule has 3 rings (SSSR count). The van der Waals surface area contributed by atoms with Crippen molar-refractivity contribution >= 4 is 34.0 Å². The van der Waals surface area contributed by atoms with E-state index in [2.05, 4.69) is 10.3 Å². The van der Waals surface area contributed by atoms with Crippen LogP contribution >= 0.6 is 22.9 Å². The Hall–Kier alpha value is -2.44. The Morgan fingerprint density at radius 1 is 1.24 bits per heavy atom. The van der Waals surface area contributed by atoms with Crippen LogP contribution < -0.4 is 10.9 Å². The van der Waals surface area contributed by atoms with E-state index in [1.54, 1.807) is 18.3 Å². The molecule has 0 aliphatic rings. The highest BCUT2D eigenvalue weighted by molar-refractivity contribution is 7.15. The average molecular weight is 374 g/mol. The van der Waals surface area contributed by atoms with Gasteiger partial charge in [-0.15, -0.1) is 11.3 Å². The van der Waals surface area contributed by atoms with Crippen LogP contribution in [0, 0.1) is 13.8 Å². The Bertz CT molecular complexity index is 974. The SMILES string of the molecule is Cc1nc(NC(=O)c2cccn(Cc3ccccc3Cl)c2=O)sc1C. The van der Waals surface area contributed by atoms with Gasteiger partial charge in [-0.05, 0) is 37.6 Å². The molecule has 0 bridgehead atoms. The molecule has 0 aliphatic heterocycles. The summed E-state index contributed by atoms with van der Waals surface area (Å²) in [6, 6.07) is 10.5. The zero-order chi connectivity index (χ0) is 18.0. The molecule has 1 aromatic carbocycles. The number of aryl methyl sites for hydroxylation is 2. The van der Waals surface area contributed by atoms with Crippen LogP contribution in [0.15, 0.2) is 47.4 Å². The minimum absolute atomic E-state index is 0.0695. The van der Waals surface area contributed by atoms with Crippen molar-refractivity contribution in [1.82, 2.24) is 9.55 Å².